The van der Waals surface area contributed by atoms with Gasteiger partial charge in [-0.05, 0) is 62.7 Å². The van der Waals surface area contributed by atoms with E-state index in [-0.39, 0.29) is 0 Å². The normalized spacial score (nSPS) is 32.1. The van der Waals surface area contributed by atoms with Crippen LogP contribution < -0.4 is 0 Å². The monoisotopic (exact) mass is 262 g/mol. The predicted octanol–water partition coefficient (Wildman–Crippen LogP) is 6.51. The molecule has 1 atom stereocenters. The van der Waals surface area contributed by atoms with Crippen LogP contribution in [0.15, 0.2) is 11.6 Å². The van der Waals surface area contributed by atoms with Gasteiger partial charge in [-0.2, -0.15) is 0 Å². The van der Waals surface area contributed by atoms with E-state index in [2.05, 4.69) is 19.9 Å². The molecule has 0 aromatic carbocycles. The fourth-order valence-corrected chi connectivity index (χ4v) is 4.23. The number of hydrogen-bond donors (Lipinski definition) is 0. The topological polar surface area (TPSA) is 0 Å². The fourth-order valence-electron chi connectivity index (χ4n) is 4.23. The molecule has 2 aliphatic carbocycles. The molecule has 1 saturated carbocycles. The Morgan fingerprint density at radius 1 is 0.947 bits per heavy atom. The summed E-state index contributed by atoms with van der Waals surface area (Å²) in [5.41, 5.74) is 1.78. The molecule has 0 bridgehead atoms. The molecule has 1 fully saturated rings. The van der Waals surface area contributed by atoms with Crippen molar-refractivity contribution in [1.82, 2.24) is 0 Å². The molecule has 0 aliphatic heterocycles. The van der Waals surface area contributed by atoms with Gasteiger partial charge in [0, 0.05) is 0 Å². The first-order valence-corrected chi connectivity index (χ1v) is 9.01. The van der Waals surface area contributed by atoms with Crippen LogP contribution in [0.2, 0.25) is 0 Å². The van der Waals surface area contributed by atoms with Crippen LogP contribution in [-0.4, -0.2) is 0 Å². The summed E-state index contributed by atoms with van der Waals surface area (Å²) in [5.74, 6) is 3.16. The summed E-state index contributed by atoms with van der Waals surface area (Å²) in [6, 6.07) is 0. The van der Waals surface area contributed by atoms with Gasteiger partial charge in [0.2, 0.25) is 0 Å². The van der Waals surface area contributed by atoms with E-state index in [0.29, 0.717) is 0 Å². The molecule has 0 aromatic heterocycles. The van der Waals surface area contributed by atoms with Crippen molar-refractivity contribution in [1.29, 1.82) is 0 Å². The largest absolute Gasteiger partial charge is 0.0850 e. The summed E-state index contributed by atoms with van der Waals surface area (Å²) >= 11 is 0. The second-order valence-electron chi connectivity index (χ2n) is 7.04. The van der Waals surface area contributed by atoms with Gasteiger partial charge in [-0.15, -0.1) is 0 Å². The number of hydrogen-bond acceptors (Lipinski definition) is 0. The van der Waals surface area contributed by atoms with Gasteiger partial charge in [-0.1, -0.05) is 57.6 Å². The van der Waals surface area contributed by atoms with Crippen molar-refractivity contribution in [3.8, 4) is 0 Å². The van der Waals surface area contributed by atoms with E-state index in [1.165, 1.54) is 77.0 Å². The fraction of sp³-hybridized carbons (Fsp3) is 0.895. The van der Waals surface area contributed by atoms with Gasteiger partial charge in [0.25, 0.3) is 0 Å². The van der Waals surface area contributed by atoms with Crippen LogP contribution in [0.4, 0.5) is 0 Å². The molecule has 0 amide bonds. The Hall–Kier alpha value is -0.260. The zero-order valence-corrected chi connectivity index (χ0v) is 13.3. The van der Waals surface area contributed by atoms with E-state index in [1.54, 1.807) is 5.57 Å². The maximum Gasteiger partial charge on any atom is -0.0317 e. The van der Waals surface area contributed by atoms with Crippen LogP contribution in [0.25, 0.3) is 0 Å². The second-order valence-corrected chi connectivity index (χ2v) is 7.04. The van der Waals surface area contributed by atoms with Gasteiger partial charge in [0.1, 0.15) is 0 Å². The van der Waals surface area contributed by atoms with E-state index in [0.717, 1.165) is 17.8 Å². The lowest BCUT2D eigenvalue weighted by Crippen LogP contribution is -2.23. The van der Waals surface area contributed by atoms with Crippen molar-refractivity contribution in [3.05, 3.63) is 11.6 Å². The van der Waals surface area contributed by atoms with Crippen molar-refractivity contribution in [2.45, 2.75) is 90.9 Å². The zero-order chi connectivity index (χ0) is 13.5. The minimum Gasteiger partial charge on any atom is -0.0850 e. The third-order valence-electron chi connectivity index (χ3n) is 5.78. The van der Waals surface area contributed by atoms with E-state index in [1.807, 2.05) is 0 Å². The van der Waals surface area contributed by atoms with Crippen LogP contribution in [0, 0.1) is 17.8 Å². The van der Waals surface area contributed by atoms with Crippen molar-refractivity contribution in [2.24, 2.45) is 17.8 Å². The Balaban J connectivity index is 1.70. The number of allylic oxidation sites excluding steroid dienone is 2. The number of rotatable bonds is 6. The molecule has 2 rings (SSSR count). The molecule has 2 aliphatic rings. The molecular formula is C19H34. The maximum absolute atomic E-state index is 2.62. The van der Waals surface area contributed by atoms with E-state index in [9.17, 15) is 0 Å². The molecule has 0 spiro atoms. The molecule has 0 heteroatoms. The van der Waals surface area contributed by atoms with Gasteiger partial charge in [0.15, 0.2) is 0 Å². The first-order chi connectivity index (χ1) is 9.33. The quantitative estimate of drug-likeness (QED) is 0.378. The Labute approximate surface area is 121 Å². The van der Waals surface area contributed by atoms with E-state index >= 15 is 0 Å². The van der Waals surface area contributed by atoms with Crippen LogP contribution in [0.5, 0.6) is 0 Å². The van der Waals surface area contributed by atoms with Crippen molar-refractivity contribution < 1.29 is 0 Å². The molecule has 1 unspecified atom stereocenters. The molecular weight excluding hydrogens is 228 g/mol. The molecule has 110 valence electrons. The predicted molar refractivity (Wildman–Crippen MR) is 85.3 cm³/mol. The minimum absolute atomic E-state index is 1.03. The lowest BCUT2D eigenvalue weighted by molar-refractivity contribution is 0.189. The summed E-state index contributed by atoms with van der Waals surface area (Å²) in [5, 5.41) is 0. The van der Waals surface area contributed by atoms with Gasteiger partial charge in [0.05, 0.1) is 0 Å². The molecule has 0 nitrogen and oxygen atoms in total. The minimum atomic E-state index is 1.03. The van der Waals surface area contributed by atoms with Crippen LogP contribution in [0.1, 0.15) is 90.9 Å². The summed E-state index contributed by atoms with van der Waals surface area (Å²) in [7, 11) is 0. The summed E-state index contributed by atoms with van der Waals surface area (Å²) in [6.45, 7) is 4.68. The summed E-state index contributed by atoms with van der Waals surface area (Å²) in [4.78, 5) is 0. The van der Waals surface area contributed by atoms with Crippen LogP contribution >= 0.6 is 0 Å². The van der Waals surface area contributed by atoms with E-state index < -0.39 is 0 Å². The third kappa shape index (κ3) is 4.65. The Morgan fingerprint density at radius 2 is 1.74 bits per heavy atom. The molecule has 19 heavy (non-hydrogen) atoms. The van der Waals surface area contributed by atoms with E-state index in [4.69, 9.17) is 0 Å². The van der Waals surface area contributed by atoms with Crippen LogP contribution in [-0.2, 0) is 0 Å². The highest BCUT2D eigenvalue weighted by Gasteiger charge is 2.27. The number of unbranched alkanes of at least 4 members (excludes halogenated alkanes) is 2. The van der Waals surface area contributed by atoms with Crippen molar-refractivity contribution >= 4 is 0 Å². The second kappa shape index (κ2) is 8.12. The lowest BCUT2D eigenvalue weighted by Gasteiger charge is -2.35. The smallest absolute Gasteiger partial charge is 0.0317 e. The van der Waals surface area contributed by atoms with Crippen molar-refractivity contribution in [2.75, 3.05) is 0 Å². The zero-order valence-electron chi connectivity index (χ0n) is 13.3. The Bertz CT molecular complexity index is 268. The lowest BCUT2D eigenvalue weighted by atomic mass is 9.71. The standard InChI is InChI=1S/C19H34/c1-3-5-6-7-17-10-14-19(15-11-17)18-12-8-16(4-2)9-13-18/h10,16,18-19H,3-9,11-15H2,1-2H3. The average molecular weight is 262 g/mol. The highest BCUT2D eigenvalue weighted by atomic mass is 14.3. The molecule has 0 N–H and O–H groups in total. The molecule has 0 radical (unpaired) electrons. The van der Waals surface area contributed by atoms with Gasteiger partial charge in [-0.25, -0.2) is 0 Å². The first-order valence-electron chi connectivity index (χ1n) is 9.01. The maximum atomic E-state index is 2.62. The van der Waals surface area contributed by atoms with Gasteiger partial charge in [-0.3, -0.25) is 0 Å². The Kier molecular flexibility index (Phi) is 6.47. The third-order valence-corrected chi connectivity index (χ3v) is 5.78. The highest BCUT2D eigenvalue weighted by Crippen LogP contribution is 2.40. The first kappa shape index (κ1) is 15.1. The van der Waals surface area contributed by atoms with Gasteiger partial charge < -0.3 is 0 Å². The van der Waals surface area contributed by atoms with Crippen LogP contribution in [0.3, 0.4) is 0 Å². The highest BCUT2D eigenvalue weighted by molar-refractivity contribution is 5.07. The summed E-state index contributed by atoms with van der Waals surface area (Å²) in [6.07, 6.45) is 20.1. The average Bonchev–Trinajstić information content (AvgIpc) is 2.48. The van der Waals surface area contributed by atoms with Crippen molar-refractivity contribution in [3.63, 3.8) is 0 Å². The summed E-state index contributed by atoms with van der Waals surface area (Å²) < 4.78 is 0. The molecule has 0 heterocycles. The molecule has 0 saturated heterocycles. The molecule has 0 aromatic rings. The van der Waals surface area contributed by atoms with Gasteiger partial charge >= 0.3 is 0 Å². The Morgan fingerprint density at radius 3 is 2.32 bits per heavy atom. The SMILES string of the molecule is CCCCCC1=CCC(C2CCC(CC)CC2)CC1.